The van der Waals surface area contributed by atoms with Gasteiger partial charge in [-0.3, -0.25) is 0 Å². The lowest BCUT2D eigenvalue weighted by molar-refractivity contribution is -0.131. The fourth-order valence-electron chi connectivity index (χ4n) is 2.15. The Bertz CT molecular complexity index is 513. The van der Waals surface area contributed by atoms with Gasteiger partial charge in [-0.15, -0.1) is 0 Å². The van der Waals surface area contributed by atoms with Crippen molar-refractivity contribution >= 4 is 11.5 Å². The molecule has 0 aliphatic heterocycles. The van der Waals surface area contributed by atoms with Gasteiger partial charge in [-0.05, 0) is 49.0 Å². The molecule has 0 saturated heterocycles. The van der Waals surface area contributed by atoms with Crippen LogP contribution in [0.4, 0.5) is 0 Å². The third-order valence-electron chi connectivity index (χ3n) is 3.00. The number of carboxylic acid groups (broad SMARTS) is 1. The summed E-state index contributed by atoms with van der Waals surface area (Å²) in [6.07, 6.45) is 1.93. The van der Waals surface area contributed by atoms with Gasteiger partial charge in [-0.2, -0.15) is 0 Å². The maximum atomic E-state index is 11.0. The second kappa shape index (κ2) is 7.13. The molecule has 1 aromatic carbocycles. The second-order valence-corrected chi connectivity index (χ2v) is 5.52. The number of carboxylic acids is 1. The minimum Gasteiger partial charge on any atom is -0.492 e. The Morgan fingerprint density at radius 2 is 2.00 bits per heavy atom. The van der Waals surface area contributed by atoms with Crippen molar-refractivity contribution < 1.29 is 14.6 Å². The number of aliphatic carboxylic acids is 1. The van der Waals surface area contributed by atoms with Crippen LogP contribution in [0, 0.1) is 19.8 Å². The molecule has 0 unspecified atom stereocenters. The van der Waals surface area contributed by atoms with Crippen molar-refractivity contribution in [2.45, 2.75) is 41.0 Å². The van der Waals surface area contributed by atoms with E-state index in [-0.39, 0.29) is 0 Å². The molecule has 1 N–H and O–H groups in total. The molecule has 0 aliphatic rings. The Morgan fingerprint density at radius 1 is 1.35 bits per heavy atom. The smallest absolute Gasteiger partial charge is 0.328 e. The summed E-state index contributed by atoms with van der Waals surface area (Å²) in [5.74, 6) is 0.312. The Morgan fingerprint density at radius 3 is 2.50 bits per heavy atom. The van der Waals surface area contributed by atoms with Gasteiger partial charge in [0.15, 0.2) is 0 Å². The SMILES string of the molecule is CC/C(=C\C(=O)O)c1cc(C)cc(C)c1OCC(C)C. The van der Waals surface area contributed by atoms with Gasteiger partial charge >= 0.3 is 5.97 Å². The van der Waals surface area contributed by atoms with E-state index in [0.717, 1.165) is 28.0 Å². The Labute approximate surface area is 121 Å². The zero-order valence-electron chi connectivity index (χ0n) is 13.0. The minimum absolute atomic E-state index is 0.428. The zero-order chi connectivity index (χ0) is 15.3. The number of aryl methyl sites for hydroxylation is 2. The van der Waals surface area contributed by atoms with Gasteiger partial charge in [0, 0.05) is 11.6 Å². The second-order valence-electron chi connectivity index (χ2n) is 5.52. The van der Waals surface area contributed by atoms with Gasteiger partial charge in [-0.1, -0.05) is 26.8 Å². The first-order chi connectivity index (χ1) is 9.35. The molecule has 0 spiro atoms. The molecule has 0 radical (unpaired) electrons. The van der Waals surface area contributed by atoms with E-state index in [2.05, 4.69) is 19.9 Å². The van der Waals surface area contributed by atoms with Crippen molar-refractivity contribution in [3.63, 3.8) is 0 Å². The minimum atomic E-state index is -0.921. The highest BCUT2D eigenvalue weighted by Gasteiger charge is 2.13. The van der Waals surface area contributed by atoms with Crippen molar-refractivity contribution in [2.24, 2.45) is 5.92 Å². The van der Waals surface area contributed by atoms with Gasteiger partial charge in [0.25, 0.3) is 0 Å². The van der Waals surface area contributed by atoms with E-state index in [0.29, 0.717) is 18.9 Å². The maximum absolute atomic E-state index is 11.0. The van der Waals surface area contributed by atoms with Gasteiger partial charge in [0.05, 0.1) is 6.61 Å². The van der Waals surface area contributed by atoms with E-state index in [1.165, 1.54) is 6.08 Å². The van der Waals surface area contributed by atoms with Gasteiger partial charge < -0.3 is 9.84 Å². The van der Waals surface area contributed by atoms with Crippen LogP contribution in [0.5, 0.6) is 5.75 Å². The number of carbonyl (C=O) groups is 1. The molecule has 0 aromatic heterocycles. The highest BCUT2D eigenvalue weighted by molar-refractivity contribution is 5.91. The number of benzene rings is 1. The molecule has 0 fully saturated rings. The molecule has 3 heteroatoms. The van der Waals surface area contributed by atoms with Crippen LogP contribution in [0.15, 0.2) is 18.2 Å². The van der Waals surface area contributed by atoms with E-state index < -0.39 is 5.97 Å². The molecule has 1 rings (SSSR count). The summed E-state index contributed by atoms with van der Waals surface area (Å²) < 4.78 is 5.91. The van der Waals surface area contributed by atoms with Crippen LogP contribution < -0.4 is 4.74 Å². The topological polar surface area (TPSA) is 46.5 Å². The third-order valence-corrected chi connectivity index (χ3v) is 3.00. The monoisotopic (exact) mass is 276 g/mol. The first-order valence-electron chi connectivity index (χ1n) is 7.03. The molecule has 0 atom stereocenters. The molecule has 0 bridgehead atoms. The molecular formula is C17H24O3. The number of rotatable bonds is 6. The van der Waals surface area contributed by atoms with E-state index in [1.807, 2.05) is 26.8 Å². The first-order valence-corrected chi connectivity index (χ1v) is 7.03. The summed E-state index contributed by atoms with van der Waals surface area (Å²) in [6, 6.07) is 4.06. The van der Waals surface area contributed by atoms with Crippen LogP contribution in [0.3, 0.4) is 0 Å². The average Bonchev–Trinajstić information content (AvgIpc) is 2.33. The molecule has 1 aromatic rings. The Balaban J connectivity index is 3.31. The molecular weight excluding hydrogens is 252 g/mol. The number of hydrogen-bond donors (Lipinski definition) is 1. The van der Waals surface area contributed by atoms with Crippen molar-refractivity contribution in [1.29, 1.82) is 0 Å². The standard InChI is InChI=1S/C17H24O3/c1-6-14(9-16(18)19)15-8-12(4)7-13(5)17(15)20-10-11(2)3/h7-9,11H,6,10H2,1-5H3,(H,18,19)/b14-9+. The zero-order valence-corrected chi connectivity index (χ0v) is 13.0. The number of allylic oxidation sites excluding steroid dienone is 1. The Kier molecular flexibility index (Phi) is 5.81. The summed E-state index contributed by atoms with van der Waals surface area (Å²) in [4.78, 5) is 11.0. The summed E-state index contributed by atoms with van der Waals surface area (Å²) >= 11 is 0. The lowest BCUT2D eigenvalue weighted by Crippen LogP contribution is -2.08. The van der Waals surface area contributed by atoms with Crippen LogP contribution >= 0.6 is 0 Å². The predicted molar refractivity (Wildman–Crippen MR) is 82.2 cm³/mol. The summed E-state index contributed by atoms with van der Waals surface area (Å²) in [5.41, 5.74) is 3.85. The van der Waals surface area contributed by atoms with E-state index >= 15 is 0 Å². The first kappa shape index (κ1) is 16.3. The summed E-state index contributed by atoms with van der Waals surface area (Å²) in [5, 5.41) is 9.01. The molecule has 20 heavy (non-hydrogen) atoms. The normalized spacial score (nSPS) is 11.8. The van der Waals surface area contributed by atoms with E-state index in [1.54, 1.807) is 0 Å². The van der Waals surface area contributed by atoms with Crippen LogP contribution in [-0.4, -0.2) is 17.7 Å². The van der Waals surface area contributed by atoms with Crippen LogP contribution in [-0.2, 0) is 4.79 Å². The lowest BCUT2D eigenvalue weighted by atomic mass is 9.97. The van der Waals surface area contributed by atoms with Gasteiger partial charge in [-0.25, -0.2) is 4.79 Å². The maximum Gasteiger partial charge on any atom is 0.328 e. The molecule has 0 aliphatic carbocycles. The van der Waals surface area contributed by atoms with Crippen molar-refractivity contribution in [3.8, 4) is 5.75 Å². The van der Waals surface area contributed by atoms with Crippen molar-refractivity contribution in [3.05, 3.63) is 34.9 Å². The third kappa shape index (κ3) is 4.41. The van der Waals surface area contributed by atoms with Gasteiger partial charge in [0.2, 0.25) is 0 Å². The number of ether oxygens (including phenoxy) is 1. The van der Waals surface area contributed by atoms with Crippen LogP contribution in [0.25, 0.3) is 5.57 Å². The van der Waals surface area contributed by atoms with E-state index in [9.17, 15) is 4.79 Å². The molecule has 0 heterocycles. The van der Waals surface area contributed by atoms with Crippen molar-refractivity contribution in [2.75, 3.05) is 6.61 Å². The summed E-state index contributed by atoms with van der Waals surface area (Å²) in [7, 11) is 0. The van der Waals surface area contributed by atoms with Crippen LogP contribution in [0.1, 0.15) is 43.9 Å². The predicted octanol–water partition coefficient (Wildman–Crippen LogP) is 4.22. The molecule has 0 amide bonds. The highest BCUT2D eigenvalue weighted by Crippen LogP contribution is 2.33. The molecule has 3 nitrogen and oxygen atoms in total. The van der Waals surface area contributed by atoms with Crippen LogP contribution in [0.2, 0.25) is 0 Å². The van der Waals surface area contributed by atoms with Gasteiger partial charge in [0.1, 0.15) is 5.75 Å². The Hall–Kier alpha value is -1.77. The molecule has 0 saturated carbocycles. The van der Waals surface area contributed by atoms with E-state index in [4.69, 9.17) is 9.84 Å². The largest absolute Gasteiger partial charge is 0.492 e. The number of hydrogen-bond acceptors (Lipinski definition) is 2. The summed E-state index contributed by atoms with van der Waals surface area (Å²) in [6.45, 7) is 10.8. The lowest BCUT2D eigenvalue weighted by Gasteiger charge is -2.18. The highest BCUT2D eigenvalue weighted by atomic mass is 16.5. The average molecular weight is 276 g/mol. The molecule has 110 valence electrons. The fraction of sp³-hybridized carbons (Fsp3) is 0.471. The quantitative estimate of drug-likeness (QED) is 0.791. The fourth-order valence-corrected chi connectivity index (χ4v) is 2.15. The van der Waals surface area contributed by atoms with Crippen molar-refractivity contribution in [1.82, 2.24) is 0 Å².